The Morgan fingerprint density at radius 3 is 2.40 bits per heavy atom. The molecule has 6 aromatic carbocycles. The van der Waals surface area contributed by atoms with Gasteiger partial charge in [0.2, 0.25) is 0 Å². The van der Waals surface area contributed by atoms with Crippen LogP contribution in [0.2, 0.25) is 13.1 Å². The molecule has 0 amide bonds. The maximum Gasteiger partial charge on any atom is 0.160 e. The van der Waals surface area contributed by atoms with Gasteiger partial charge in [-0.1, -0.05) is 110 Å². The number of ether oxygens (including phenoxy) is 1. The lowest BCUT2D eigenvalue weighted by molar-refractivity contribution is -0.232. The summed E-state index contributed by atoms with van der Waals surface area (Å²) < 4.78 is 7.32. The second-order valence-corrected chi connectivity index (χ2v) is 21.7. The van der Waals surface area contributed by atoms with Crippen LogP contribution in [0.1, 0.15) is 36.8 Å². The molecule has 4 fully saturated rings. The van der Waals surface area contributed by atoms with Gasteiger partial charge in [0.1, 0.15) is 19.6 Å². The maximum atomic E-state index is 7.32. The van der Waals surface area contributed by atoms with E-state index >= 15 is 0 Å². The van der Waals surface area contributed by atoms with E-state index in [9.17, 15) is 0 Å². The van der Waals surface area contributed by atoms with E-state index < -0.39 is 8.07 Å². The van der Waals surface area contributed by atoms with Crippen LogP contribution in [0.3, 0.4) is 0 Å². The van der Waals surface area contributed by atoms with E-state index in [-0.39, 0.29) is 5.41 Å². The molecule has 3 nitrogen and oxygen atoms in total. The number of benzene rings is 6. The molecule has 1 aromatic heterocycles. The lowest BCUT2D eigenvalue weighted by atomic mass is 9.27. The van der Waals surface area contributed by atoms with Crippen molar-refractivity contribution in [3.63, 3.8) is 0 Å². The number of hydrogen-bond donors (Lipinski definition) is 0. The Balaban J connectivity index is 0.990. The fraction of sp³-hybridized carbons (Fsp3) is 0.250. The first-order valence-corrected chi connectivity index (χ1v) is 22.3. The van der Waals surface area contributed by atoms with Crippen molar-refractivity contribution in [2.24, 2.45) is 29.1 Å². The van der Waals surface area contributed by atoms with Crippen molar-refractivity contribution < 1.29 is 4.74 Å². The van der Waals surface area contributed by atoms with E-state index in [0.29, 0.717) is 5.41 Å². The van der Waals surface area contributed by atoms with Crippen molar-refractivity contribution >= 4 is 40.1 Å². The number of nitrogens with zero attached hydrogens (tertiary/aromatic N) is 2. The Hall–Kier alpha value is -5.06. The molecule has 6 unspecified atom stereocenters. The molecule has 2 spiro atoms. The van der Waals surface area contributed by atoms with Gasteiger partial charge in [-0.25, -0.2) is 9.97 Å². The lowest BCUT2D eigenvalue weighted by Gasteiger charge is -2.76. The molecule has 4 heteroatoms. The van der Waals surface area contributed by atoms with Crippen molar-refractivity contribution in [1.29, 1.82) is 0 Å². The van der Waals surface area contributed by atoms with Crippen LogP contribution < -0.4 is 15.1 Å². The third-order valence-corrected chi connectivity index (χ3v) is 18.7. The van der Waals surface area contributed by atoms with E-state index in [2.05, 4.69) is 134 Å². The molecule has 1 aliphatic heterocycles. The first-order chi connectivity index (χ1) is 25.5. The smallest absolute Gasteiger partial charge is 0.160 e. The molecule has 13 rings (SSSR count). The Labute approximate surface area is 304 Å². The van der Waals surface area contributed by atoms with Crippen LogP contribution in [0.4, 0.5) is 0 Å². The van der Waals surface area contributed by atoms with Crippen molar-refractivity contribution in [1.82, 2.24) is 9.97 Å². The molecule has 6 atom stereocenters. The van der Waals surface area contributed by atoms with E-state index in [0.717, 1.165) is 68.4 Å². The van der Waals surface area contributed by atoms with Gasteiger partial charge in [-0.15, -0.1) is 0 Å². The highest BCUT2D eigenvalue weighted by Gasteiger charge is 2.85. The van der Waals surface area contributed by atoms with Gasteiger partial charge in [-0.2, -0.15) is 0 Å². The predicted octanol–water partition coefficient (Wildman–Crippen LogP) is 10.4. The van der Waals surface area contributed by atoms with Crippen molar-refractivity contribution in [3.8, 4) is 45.3 Å². The highest BCUT2D eigenvalue weighted by atomic mass is 28.3. The molecule has 0 saturated heterocycles. The molecular formula is C48H38N2OSi. The van der Waals surface area contributed by atoms with E-state index in [1.807, 2.05) is 0 Å². The summed E-state index contributed by atoms with van der Waals surface area (Å²) in [5, 5.41) is 6.20. The molecule has 2 heterocycles. The molecule has 0 N–H and O–H groups in total. The van der Waals surface area contributed by atoms with Gasteiger partial charge in [-0.3, -0.25) is 0 Å². The second kappa shape index (κ2) is 9.29. The molecular weight excluding hydrogens is 649 g/mol. The first kappa shape index (κ1) is 28.5. The summed E-state index contributed by atoms with van der Waals surface area (Å²) >= 11 is 0. The van der Waals surface area contributed by atoms with Crippen molar-refractivity contribution in [2.75, 3.05) is 0 Å². The van der Waals surface area contributed by atoms with E-state index in [4.69, 9.17) is 14.7 Å². The summed E-state index contributed by atoms with van der Waals surface area (Å²) in [4.78, 5) is 10.7. The van der Waals surface area contributed by atoms with Crippen molar-refractivity contribution in [3.05, 3.63) is 132 Å². The van der Waals surface area contributed by atoms with Gasteiger partial charge in [0.25, 0.3) is 0 Å². The highest BCUT2D eigenvalue weighted by Crippen LogP contribution is 2.90. The van der Waals surface area contributed by atoms with Crippen LogP contribution in [-0.2, 0) is 5.41 Å². The Morgan fingerprint density at radius 1 is 0.673 bits per heavy atom. The van der Waals surface area contributed by atoms with Crippen LogP contribution in [0.5, 0.6) is 11.5 Å². The van der Waals surface area contributed by atoms with Gasteiger partial charge in [0, 0.05) is 32.9 Å². The summed E-state index contributed by atoms with van der Waals surface area (Å²) in [6, 6.07) is 44.6. The van der Waals surface area contributed by atoms with Gasteiger partial charge < -0.3 is 4.74 Å². The van der Waals surface area contributed by atoms with Crippen LogP contribution >= 0.6 is 0 Å². The quantitative estimate of drug-likeness (QED) is 0.134. The zero-order chi connectivity index (χ0) is 34.1. The SMILES string of the molecule is C[Si]1(C)c2cc(-c3nc(-c4ccccc4)c4ccc5ccccc5c4n3)ccc2Oc2c1ccc1c2C2(c3ccccc3-1)C1CC3CC4CC2C41C3. The summed E-state index contributed by atoms with van der Waals surface area (Å²) in [5.41, 5.74) is 10.9. The van der Waals surface area contributed by atoms with Crippen molar-refractivity contribution in [2.45, 2.75) is 44.2 Å². The normalized spacial score (nSPS) is 28.7. The zero-order valence-corrected chi connectivity index (χ0v) is 30.5. The van der Waals surface area contributed by atoms with E-state index in [1.165, 1.54) is 58.3 Å². The largest absolute Gasteiger partial charge is 0.457 e. The monoisotopic (exact) mass is 686 g/mol. The van der Waals surface area contributed by atoms with Gasteiger partial charge in [-0.05, 0) is 111 Å². The molecule has 2 bridgehead atoms. The fourth-order valence-corrected chi connectivity index (χ4v) is 16.1. The van der Waals surface area contributed by atoms with Gasteiger partial charge >= 0.3 is 0 Å². The molecule has 7 aromatic rings. The molecule has 6 aliphatic rings. The van der Waals surface area contributed by atoms with Gasteiger partial charge in [0.05, 0.1) is 11.2 Å². The molecule has 4 saturated carbocycles. The zero-order valence-electron chi connectivity index (χ0n) is 29.5. The van der Waals surface area contributed by atoms with Crippen LogP contribution in [0.25, 0.3) is 55.4 Å². The molecule has 5 aliphatic carbocycles. The standard InChI is InChI=1S/C48H38N2OSi/c1-52(2)38-21-19-34-33-14-8-9-15-36(33)48(40-23-27-22-31-25-41(48)47(31,40)26-27)42(34)45(38)51-37-20-17-30(24-39(37)52)46-49-43(29-11-4-3-5-12-29)35-18-16-28-10-6-7-13-32(28)44(35)50-46/h3-21,24,27,31,40-41H,22-23,25-26H2,1-2H3. The van der Waals surface area contributed by atoms with Crippen LogP contribution in [-0.4, -0.2) is 18.0 Å². The predicted molar refractivity (Wildman–Crippen MR) is 212 cm³/mol. The summed E-state index contributed by atoms with van der Waals surface area (Å²) in [7, 11) is -2.21. The third kappa shape index (κ3) is 3.11. The van der Waals surface area contributed by atoms with E-state index in [1.54, 1.807) is 11.1 Å². The number of fused-ring (bicyclic) bond motifs is 14. The summed E-state index contributed by atoms with van der Waals surface area (Å²) in [5.74, 6) is 6.40. The first-order valence-electron chi connectivity index (χ1n) is 19.3. The third-order valence-electron chi connectivity index (χ3n) is 15.2. The Bertz CT molecular complexity index is 2750. The lowest BCUT2D eigenvalue weighted by Crippen LogP contribution is -2.74. The minimum Gasteiger partial charge on any atom is -0.457 e. The van der Waals surface area contributed by atoms with Crippen LogP contribution in [0.15, 0.2) is 121 Å². The topological polar surface area (TPSA) is 35.0 Å². The highest BCUT2D eigenvalue weighted by molar-refractivity contribution is 7.01. The molecule has 250 valence electrons. The van der Waals surface area contributed by atoms with Gasteiger partial charge in [0.15, 0.2) is 5.82 Å². The number of aromatic nitrogens is 2. The second-order valence-electron chi connectivity index (χ2n) is 17.4. The minimum atomic E-state index is -2.21. The Kier molecular flexibility index (Phi) is 5.09. The fourth-order valence-electron chi connectivity index (χ4n) is 13.3. The molecule has 52 heavy (non-hydrogen) atoms. The summed E-state index contributed by atoms with van der Waals surface area (Å²) in [6.07, 6.45) is 5.77. The average molecular weight is 687 g/mol. The van der Waals surface area contributed by atoms with Crippen LogP contribution in [0, 0.1) is 29.1 Å². The molecule has 0 radical (unpaired) electrons. The maximum absolute atomic E-state index is 7.32. The minimum absolute atomic E-state index is 0.112. The number of rotatable bonds is 2. The number of hydrogen-bond acceptors (Lipinski definition) is 3. The average Bonchev–Trinajstić information content (AvgIpc) is 3.82. The summed E-state index contributed by atoms with van der Waals surface area (Å²) in [6.45, 7) is 5.06. The Morgan fingerprint density at radius 2 is 1.50 bits per heavy atom.